The first-order valence-corrected chi connectivity index (χ1v) is 7.12. The van der Waals surface area contributed by atoms with Gasteiger partial charge in [-0.1, -0.05) is 0 Å². The highest BCUT2D eigenvalue weighted by molar-refractivity contribution is 4.88. The molecule has 10 atom stereocenters. The molecule has 2 heterocycles. The first-order chi connectivity index (χ1) is 11.1. The van der Waals surface area contributed by atoms with E-state index in [1.54, 1.807) is 0 Å². The van der Waals surface area contributed by atoms with Crippen LogP contribution in [0.15, 0.2) is 0 Å². The number of aliphatic hydroxyl groups excluding tert-OH is 10. The first-order valence-electron chi connectivity index (χ1n) is 7.12. The lowest BCUT2D eigenvalue weighted by molar-refractivity contribution is -0.286. The summed E-state index contributed by atoms with van der Waals surface area (Å²) in [5.41, 5.74) is 0. The molecule has 2 aliphatic rings. The second-order valence-corrected chi connectivity index (χ2v) is 5.44. The summed E-state index contributed by atoms with van der Waals surface area (Å²) in [6.07, 6.45) is -14.1. The van der Waals surface area contributed by atoms with Gasteiger partial charge in [0.2, 0.25) is 0 Å². The van der Waals surface area contributed by atoms with Crippen LogP contribution in [-0.4, -0.2) is 126 Å². The Morgan fingerprint density at radius 2 is 0.750 bits per heavy atom. The largest absolute Gasteiger partial charge is 0.394 e. The molecule has 0 aromatic carbocycles. The molecule has 10 N–H and O–H groups in total. The van der Waals surface area contributed by atoms with Crippen LogP contribution >= 0.6 is 0 Å². The van der Waals surface area contributed by atoms with Crippen LogP contribution in [0.3, 0.4) is 0 Å². The van der Waals surface area contributed by atoms with E-state index in [0.29, 0.717) is 0 Å². The summed E-state index contributed by atoms with van der Waals surface area (Å²) in [5, 5.41) is 89.3. The minimum absolute atomic E-state index is 0.526. The van der Waals surface area contributed by atoms with Gasteiger partial charge in [0.15, 0.2) is 12.6 Å². The van der Waals surface area contributed by atoms with Crippen molar-refractivity contribution in [2.75, 3.05) is 13.2 Å². The Labute approximate surface area is 136 Å². The molecule has 0 spiro atoms. The average molecular weight is 360 g/mol. The van der Waals surface area contributed by atoms with Crippen LogP contribution < -0.4 is 0 Å². The Morgan fingerprint density at radius 3 is 1.00 bits per heavy atom. The van der Waals surface area contributed by atoms with Gasteiger partial charge in [-0.3, -0.25) is 0 Å². The van der Waals surface area contributed by atoms with Gasteiger partial charge in [-0.15, -0.1) is 0 Å². The fraction of sp³-hybridized carbons (Fsp3) is 1.00. The fourth-order valence-corrected chi connectivity index (χ4v) is 2.16. The summed E-state index contributed by atoms with van der Waals surface area (Å²) >= 11 is 0. The monoisotopic (exact) mass is 360 g/mol. The Bertz CT molecular complexity index is 326. The summed E-state index contributed by atoms with van der Waals surface area (Å²) in [4.78, 5) is 0. The predicted molar refractivity (Wildman–Crippen MR) is 72.0 cm³/mol. The lowest BCUT2D eigenvalue weighted by Crippen LogP contribution is -2.58. The Balaban J connectivity index is 0.000000240. The lowest BCUT2D eigenvalue weighted by Gasteiger charge is -2.37. The van der Waals surface area contributed by atoms with E-state index in [1.807, 2.05) is 0 Å². The first kappa shape index (κ1) is 21.6. The Kier molecular flexibility index (Phi) is 8.34. The van der Waals surface area contributed by atoms with Crippen molar-refractivity contribution in [2.45, 2.75) is 61.4 Å². The summed E-state index contributed by atoms with van der Waals surface area (Å²) in [5.74, 6) is 0. The molecule has 0 aromatic rings. The molecule has 2 unspecified atom stereocenters. The summed E-state index contributed by atoms with van der Waals surface area (Å²) in [7, 11) is 0. The number of hydrogen-bond acceptors (Lipinski definition) is 12. The second-order valence-electron chi connectivity index (χ2n) is 5.44. The third kappa shape index (κ3) is 4.78. The minimum Gasteiger partial charge on any atom is -0.394 e. The molecule has 144 valence electrons. The van der Waals surface area contributed by atoms with Crippen LogP contribution in [-0.2, 0) is 9.47 Å². The van der Waals surface area contributed by atoms with E-state index >= 15 is 0 Å². The average Bonchev–Trinajstić information content (AvgIpc) is 2.58. The Morgan fingerprint density at radius 1 is 0.458 bits per heavy atom. The SMILES string of the molecule is OC[C@H]1OC(O)[C@H](O)[C@@H](O)[C@@H]1O.OC[C@H]1OC(O)[C@H](O)[C@@H](O)[C@H]1O. The highest BCUT2D eigenvalue weighted by Gasteiger charge is 2.43. The van der Waals surface area contributed by atoms with Crippen LogP contribution in [0.5, 0.6) is 0 Å². The van der Waals surface area contributed by atoms with Crippen molar-refractivity contribution in [3.05, 3.63) is 0 Å². The molecule has 2 aliphatic heterocycles. The molecule has 2 fully saturated rings. The minimum atomic E-state index is -1.57. The van der Waals surface area contributed by atoms with Gasteiger partial charge in [-0.2, -0.15) is 0 Å². The van der Waals surface area contributed by atoms with Crippen molar-refractivity contribution >= 4 is 0 Å². The number of rotatable bonds is 2. The van der Waals surface area contributed by atoms with Crippen molar-refractivity contribution in [2.24, 2.45) is 0 Å². The van der Waals surface area contributed by atoms with Gasteiger partial charge in [0, 0.05) is 0 Å². The zero-order valence-electron chi connectivity index (χ0n) is 12.5. The zero-order chi connectivity index (χ0) is 18.6. The highest BCUT2D eigenvalue weighted by Crippen LogP contribution is 2.19. The van der Waals surface area contributed by atoms with Gasteiger partial charge in [-0.25, -0.2) is 0 Å². The molecule has 0 bridgehead atoms. The fourth-order valence-electron chi connectivity index (χ4n) is 2.16. The third-order valence-electron chi connectivity index (χ3n) is 3.73. The molecule has 0 aliphatic carbocycles. The molecule has 2 saturated heterocycles. The molecule has 12 nitrogen and oxygen atoms in total. The van der Waals surface area contributed by atoms with Crippen molar-refractivity contribution in [3.63, 3.8) is 0 Å². The van der Waals surface area contributed by atoms with Gasteiger partial charge in [0.05, 0.1) is 13.2 Å². The van der Waals surface area contributed by atoms with E-state index in [0.717, 1.165) is 0 Å². The standard InChI is InChI=1S/2C6H12O6/c2*7-1-2-3(8)4(9)5(10)6(11)12-2/h2*2-11H,1H2/t2-,3+,4+,5-,6?;2-,3-,4+,5-,6?/m11/s1. The normalized spacial score (nSPS) is 49.2. The van der Waals surface area contributed by atoms with Crippen molar-refractivity contribution in [1.82, 2.24) is 0 Å². The Hall–Kier alpha value is -0.480. The summed E-state index contributed by atoms with van der Waals surface area (Å²) in [6.45, 7) is -1.05. The van der Waals surface area contributed by atoms with Crippen LogP contribution in [0, 0.1) is 0 Å². The molecule has 2 rings (SSSR count). The molecule has 0 amide bonds. The van der Waals surface area contributed by atoms with Crippen LogP contribution in [0.4, 0.5) is 0 Å². The quantitative estimate of drug-likeness (QED) is 0.222. The van der Waals surface area contributed by atoms with Crippen molar-refractivity contribution in [3.8, 4) is 0 Å². The van der Waals surface area contributed by atoms with Crippen LogP contribution in [0.25, 0.3) is 0 Å². The van der Waals surface area contributed by atoms with Crippen LogP contribution in [0.1, 0.15) is 0 Å². The highest BCUT2D eigenvalue weighted by atomic mass is 16.6. The molecule has 12 heteroatoms. The van der Waals surface area contributed by atoms with Crippen molar-refractivity contribution in [1.29, 1.82) is 0 Å². The van der Waals surface area contributed by atoms with E-state index in [-0.39, 0.29) is 0 Å². The van der Waals surface area contributed by atoms with E-state index in [1.165, 1.54) is 0 Å². The molecule has 0 radical (unpaired) electrons. The third-order valence-corrected chi connectivity index (χ3v) is 3.73. The molecule has 0 aromatic heterocycles. The van der Waals surface area contributed by atoms with Crippen LogP contribution in [0.2, 0.25) is 0 Å². The van der Waals surface area contributed by atoms with E-state index in [2.05, 4.69) is 9.47 Å². The smallest absolute Gasteiger partial charge is 0.184 e. The number of aliphatic hydroxyl groups is 10. The molecule has 24 heavy (non-hydrogen) atoms. The molecular weight excluding hydrogens is 336 g/mol. The summed E-state index contributed by atoms with van der Waals surface area (Å²) in [6, 6.07) is 0. The lowest BCUT2D eigenvalue weighted by atomic mass is 10.00. The molecular formula is C12H24O12. The predicted octanol–water partition coefficient (Wildman–Crippen LogP) is -6.44. The maximum atomic E-state index is 9.12. The van der Waals surface area contributed by atoms with E-state index < -0.39 is 74.6 Å². The second kappa shape index (κ2) is 9.28. The number of hydrogen-bond donors (Lipinski definition) is 10. The topological polar surface area (TPSA) is 221 Å². The van der Waals surface area contributed by atoms with Gasteiger partial charge in [0.1, 0.15) is 48.8 Å². The molecule has 0 saturated carbocycles. The maximum absolute atomic E-state index is 9.12. The van der Waals surface area contributed by atoms with Gasteiger partial charge >= 0.3 is 0 Å². The maximum Gasteiger partial charge on any atom is 0.184 e. The van der Waals surface area contributed by atoms with E-state index in [4.69, 9.17) is 51.1 Å². The van der Waals surface area contributed by atoms with E-state index in [9.17, 15) is 0 Å². The van der Waals surface area contributed by atoms with Gasteiger partial charge in [-0.05, 0) is 0 Å². The summed E-state index contributed by atoms with van der Waals surface area (Å²) < 4.78 is 9.15. The van der Waals surface area contributed by atoms with Gasteiger partial charge in [0.25, 0.3) is 0 Å². The van der Waals surface area contributed by atoms with Gasteiger partial charge < -0.3 is 60.5 Å². The number of ether oxygens (including phenoxy) is 2. The van der Waals surface area contributed by atoms with Crippen molar-refractivity contribution < 1.29 is 60.5 Å². The zero-order valence-corrected chi connectivity index (χ0v) is 12.5.